The van der Waals surface area contributed by atoms with Gasteiger partial charge in [0.2, 0.25) is 17.7 Å². The average molecular weight is 549 g/mol. The maximum absolute atomic E-state index is 14.1. The molecular weight excluding hydrogens is 508 g/mol. The van der Waals surface area contributed by atoms with E-state index in [1.54, 1.807) is 19.1 Å². The molecule has 40 heavy (non-hydrogen) atoms. The first kappa shape index (κ1) is 28.1. The van der Waals surface area contributed by atoms with Crippen LogP contribution in [0.5, 0.6) is 0 Å². The normalized spacial score (nSPS) is 29.3. The number of hydrogen-bond donors (Lipinski definition) is 3. The summed E-state index contributed by atoms with van der Waals surface area (Å²) in [6.45, 7) is 9.31. The first-order chi connectivity index (χ1) is 19.2. The molecule has 5 rings (SSSR count). The molecule has 3 saturated heterocycles. The SMILES string of the molecule is CCN(CC)c1ccc(NC(=O)C2N([C@H](C)CO)C(=O)[C@@H]3[C@@H](C(=O)Nc4ccccc4)[C@@]4(CC)CCC23O4)cc1. The minimum absolute atomic E-state index is 0.280. The summed E-state index contributed by atoms with van der Waals surface area (Å²) in [6, 6.07) is 15.2. The number of anilines is 3. The van der Waals surface area contributed by atoms with Crippen LogP contribution in [-0.4, -0.2) is 70.7 Å². The lowest BCUT2D eigenvalue weighted by Gasteiger charge is -2.36. The Balaban J connectivity index is 1.48. The standard InChI is InChI=1S/C31H40N4O5/c1-5-30-17-18-31(40-30)25(24(30)27(37)32-21-11-9-8-10-12-21)29(39)35(20(4)19-36)26(31)28(38)33-22-13-15-23(16-14-22)34(6-2)7-3/h8-16,20,24-26,36H,5-7,17-19H2,1-4H3,(H,32,37)(H,33,38)/t20-,24+,25+,26?,30-,31?/m1/s1. The van der Waals surface area contributed by atoms with Gasteiger partial charge in [-0.2, -0.15) is 0 Å². The van der Waals surface area contributed by atoms with Gasteiger partial charge in [-0.05, 0) is 76.4 Å². The van der Waals surface area contributed by atoms with Crippen LogP contribution in [0.15, 0.2) is 54.6 Å². The van der Waals surface area contributed by atoms with Gasteiger partial charge in [0.15, 0.2) is 0 Å². The smallest absolute Gasteiger partial charge is 0.250 e. The number of nitrogens with zero attached hydrogens (tertiary/aromatic N) is 2. The third-order valence-corrected chi connectivity index (χ3v) is 9.19. The van der Waals surface area contributed by atoms with Crippen molar-refractivity contribution in [2.24, 2.45) is 11.8 Å². The van der Waals surface area contributed by atoms with Crippen LogP contribution in [0.2, 0.25) is 0 Å². The first-order valence-electron chi connectivity index (χ1n) is 14.4. The number of nitrogens with one attached hydrogen (secondary N) is 2. The Bertz CT molecular complexity index is 1250. The van der Waals surface area contributed by atoms with E-state index in [2.05, 4.69) is 29.4 Å². The van der Waals surface area contributed by atoms with E-state index < -0.39 is 35.1 Å². The van der Waals surface area contributed by atoms with E-state index in [1.165, 1.54) is 4.90 Å². The highest BCUT2D eigenvalue weighted by Gasteiger charge is 2.79. The summed E-state index contributed by atoms with van der Waals surface area (Å²) < 4.78 is 6.77. The lowest BCUT2D eigenvalue weighted by molar-refractivity contribution is -0.147. The predicted molar refractivity (Wildman–Crippen MR) is 154 cm³/mol. The summed E-state index contributed by atoms with van der Waals surface area (Å²) in [4.78, 5) is 45.6. The molecule has 9 heteroatoms. The second-order valence-electron chi connectivity index (χ2n) is 11.2. The van der Waals surface area contributed by atoms with Gasteiger partial charge in [-0.15, -0.1) is 0 Å². The lowest BCUT2D eigenvalue weighted by Crippen LogP contribution is -2.55. The molecule has 0 aliphatic carbocycles. The summed E-state index contributed by atoms with van der Waals surface area (Å²) in [5, 5.41) is 16.1. The van der Waals surface area contributed by atoms with Crippen molar-refractivity contribution in [3.8, 4) is 0 Å². The molecule has 6 atom stereocenters. The maximum atomic E-state index is 14.1. The number of amides is 3. The summed E-state index contributed by atoms with van der Waals surface area (Å²) in [5.74, 6) is -2.54. The number of para-hydroxylation sites is 1. The Morgan fingerprint density at radius 2 is 1.62 bits per heavy atom. The number of aliphatic hydroxyl groups is 1. The fourth-order valence-corrected chi connectivity index (χ4v) is 7.21. The maximum Gasteiger partial charge on any atom is 0.250 e. The molecular formula is C31H40N4O5. The van der Waals surface area contributed by atoms with E-state index in [0.717, 1.165) is 18.8 Å². The third-order valence-electron chi connectivity index (χ3n) is 9.19. The summed E-state index contributed by atoms with van der Waals surface area (Å²) >= 11 is 0. The lowest BCUT2D eigenvalue weighted by atomic mass is 9.65. The number of ether oxygens (including phenoxy) is 1. The Morgan fingerprint density at radius 1 is 1.00 bits per heavy atom. The van der Waals surface area contributed by atoms with Crippen molar-refractivity contribution in [1.82, 2.24) is 4.90 Å². The highest BCUT2D eigenvalue weighted by atomic mass is 16.5. The van der Waals surface area contributed by atoms with Crippen molar-refractivity contribution in [2.45, 2.75) is 70.2 Å². The van der Waals surface area contributed by atoms with Gasteiger partial charge in [0.05, 0.1) is 30.1 Å². The van der Waals surface area contributed by atoms with Crippen LogP contribution in [-0.2, 0) is 19.1 Å². The number of hydrogen-bond acceptors (Lipinski definition) is 6. The van der Waals surface area contributed by atoms with Gasteiger partial charge < -0.3 is 30.3 Å². The van der Waals surface area contributed by atoms with E-state index in [4.69, 9.17) is 4.74 Å². The van der Waals surface area contributed by atoms with E-state index in [-0.39, 0.29) is 24.3 Å². The molecule has 2 unspecified atom stereocenters. The third kappa shape index (κ3) is 4.36. The predicted octanol–water partition coefficient (Wildman–Crippen LogP) is 3.65. The molecule has 3 heterocycles. The quantitative estimate of drug-likeness (QED) is 0.418. The molecule has 0 radical (unpaired) electrons. The summed E-state index contributed by atoms with van der Waals surface area (Å²) in [6.07, 6.45) is 1.60. The van der Waals surface area contributed by atoms with Crippen molar-refractivity contribution in [2.75, 3.05) is 35.2 Å². The van der Waals surface area contributed by atoms with E-state index in [0.29, 0.717) is 30.6 Å². The van der Waals surface area contributed by atoms with Crippen LogP contribution in [0.25, 0.3) is 0 Å². The number of carbonyl (C=O) groups is 3. The highest BCUT2D eigenvalue weighted by molar-refractivity contribution is 6.05. The second-order valence-corrected chi connectivity index (χ2v) is 11.2. The fraction of sp³-hybridized carbons (Fsp3) is 0.516. The molecule has 1 spiro atoms. The van der Waals surface area contributed by atoms with Crippen molar-refractivity contribution >= 4 is 34.8 Å². The molecule has 0 aromatic heterocycles. The van der Waals surface area contributed by atoms with Crippen LogP contribution in [0.1, 0.15) is 47.0 Å². The van der Waals surface area contributed by atoms with E-state index in [1.807, 2.05) is 49.4 Å². The van der Waals surface area contributed by atoms with Gasteiger partial charge in [0.25, 0.3) is 0 Å². The monoisotopic (exact) mass is 548 g/mol. The van der Waals surface area contributed by atoms with Crippen LogP contribution < -0.4 is 15.5 Å². The van der Waals surface area contributed by atoms with Crippen molar-refractivity contribution in [1.29, 1.82) is 0 Å². The molecule has 214 valence electrons. The minimum Gasteiger partial charge on any atom is -0.394 e. The number of aliphatic hydroxyl groups excluding tert-OH is 1. The molecule has 3 amide bonds. The van der Waals surface area contributed by atoms with Crippen molar-refractivity contribution in [3.63, 3.8) is 0 Å². The van der Waals surface area contributed by atoms with Gasteiger partial charge in [0, 0.05) is 30.2 Å². The highest BCUT2D eigenvalue weighted by Crippen LogP contribution is 2.64. The Labute approximate surface area is 235 Å². The number of rotatable bonds is 10. The summed E-state index contributed by atoms with van der Waals surface area (Å²) in [7, 11) is 0. The van der Waals surface area contributed by atoms with Gasteiger partial charge in [-0.3, -0.25) is 14.4 Å². The molecule has 9 nitrogen and oxygen atoms in total. The van der Waals surface area contributed by atoms with Crippen molar-refractivity contribution in [3.05, 3.63) is 54.6 Å². The molecule has 3 aliphatic rings. The largest absolute Gasteiger partial charge is 0.394 e. The number of carbonyl (C=O) groups excluding carboxylic acids is 3. The zero-order valence-electron chi connectivity index (χ0n) is 23.7. The van der Waals surface area contributed by atoms with Gasteiger partial charge in [-0.1, -0.05) is 25.1 Å². The molecule has 3 fully saturated rings. The topological polar surface area (TPSA) is 111 Å². The molecule has 3 aliphatic heterocycles. The van der Waals surface area contributed by atoms with Crippen LogP contribution >= 0.6 is 0 Å². The zero-order chi connectivity index (χ0) is 28.7. The summed E-state index contributed by atoms with van der Waals surface area (Å²) in [5.41, 5.74) is 0.325. The van der Waals surface area contributed by atoms with Crippen LogP contribution in [0, 0.1) is 11.8 Å². The van der Waals surface area contributed by atoms with Gasteiger partial charge in [-0.25, -0.2) is 0 Å². The van der Waals surface area contributed by atoms with Crippen LogP contribution in [0.3, 0.4) is 0 Å². The van der Waals surface area contributed by atoms with Gasteiger partial charge in [0.1, 0.15) is 11.6 Å². The van der Waals surface area contributed by atoms with Crippen LogP contribution in [0.4, 0.5) is 17.1 Å². The number of benzene rings is 2. The fourth-order valence-electron chi connectivity index (χ4n) is 7.21. The van der Waals surface area contributed by atoms with E-state index >= 15 is 0 Å². The van der Waals surface area contributed by atoms with E-state index in [9.17, 15) is 19.5 Å². The molecule has 2 aromatic carbocycles. The number of likely N-dealkylation sites (tertiary alicyclic amines) is 1. The van der Waals surface area contributed by atoms with Crippen molar-refractivity contribution < 1.29 is 24.2 Å². The minimum atomic E-state index is -1.15. The average Bonchev–Trinajstić information content (AvgIpc) is 3.58. The van der Waals surface area contributed by atoms with Gasteiger partial charge >= 0.3 is 0 Å². The Kier molecular flexibility index (Phi) is 7.63. The Morgan fingerprint density at radius 3 is 2.23 bits per heavy atom. The second kappa shape index (κ2) is 10.9. The molecule has 2 aromatic rings. The first-order valence-corrected chi connectivity index (χ1v) is 14.4. The molecule has 2 bridgehead atoms. The molecule has 3 N–H and O–H groups in total. The molecule has 0 saturated carbocycles. The zero-order valence-corrected chi connectivity index (χ0v) is 23.7. The Hall–Kier alpha value is -3.43. The number of fused-ring (bicyclic) bond motifs is 1.